The highest BCUT2D eigenvalue weighted by atomic mass is 19.4. The molecule has 0 aromatic rings. The highest BCUT2D eigenvalue weighted by molar-refractivity contribution is 5.67. The maximum atomic E-state index is 11.8. The van der Waals surface area contributed by atoms with Gasteiger partial charge < -0.3 is 9.64 Å². The van der Waals surface area contributed by atoms with Crippen molar-refractivity contribution < 1.29 is 22.7 Å². The number of nitrogens with zero attached hydrogens (tertiary/aromatic N) is 1. The van der Waals surface area contributed by atoms with Gasteiger partial charge >= 0.3 is 12.3 Å². The number of halogens is 3. The van der Waals surface area contributed by atoms with E-state index in [0.29, 0.717) is 0 Å². The Morgan fingerprint density at radius 1 is 1.31 bits per heavy atom. The van der Waals surface area contributed by atoms with Crippen molar-refractivity contribution in [3.05, 3.63) is 0 Å². The standard InChI is InChI=1S/C10H18F3NO2/c1-7(9(2,3)4)14(5)8(15)16-6-10(11,12)13/h7H,6H2,1-5H3. The fourth-order valence-electron chi connectivity index (χ4n) is 0.984. The molecule has 0 aliphatic rings. The van der Waals surface area contributed by atoms with Crippen LogP contribution >= 0.6 is 0 Å². The first-order valence-corrected chi connectivity index (χ1v) is 4.91. The smallest absolute Gasteiger partial charge is 0.422 e. The summed E-state index contributed by atoms with van der Waals surface area (Å²) in [6.07, 6.45) is -5.44. The molecule has 0 aliphatic carbocycles. The minimum absolute atomic E-state index is 0.215. The van der Waals surface area contributed by atoms with E-state index in [1.165, 1.54) is 11.9 Å². The molecule has 0 spiro atoms. The summed E-state index contributed by atoms with van der Waals surface area (Å²) in [6, 6.07) is -0.215. The third-order valence-electron chi connectivity index (χ3n) is 2.48. The van der Waals surface area contributed by atoms with Gasteiger partial charge in [-0.2, -0.15) is 13.2 Å². The van der Waals surface area contributed by atoms with Gasteiger partial charge in [0.1, 0.15) is 0 Å². The lowest BCUT2D eigenvalue weighted by atomic mass is 9.87. The molecule has 0 fully saturated rings. The third kappa shape index (κ3) is 5.23. The van der Waals surface area contributed by atoms with Crippen molar-refractivity contribution in [2.24, 2.45) is 5.41 Å². The van der Waals surface area contributed by atoms with E-state index in [-0.39, 0.29) is 11.5 Å². The second-order valence-electron chi connectivity index (χ2n) is 4.82. The average molecular weight is 241 g/mol. The van der Waals surface area contributed by atoms with Crippen LogP contribution in [0.25, 0.3) is 0 Å². The highest BCUT2D eigenvalue weighted by Crippen LogP contribution is 2.24. The summed E-state index contributed by atoms with van der Waals surface area (Å²) in [5.41, 5.74) is -0.216. The van der Waals surface area contributed by atoms with Crippen molar-refractivity contribution in [1.82, 2.24) is 4.90 Å². The molecule has 6 heteroatoms. The minimum atomic E-state index is -4.48. The van der Waals surface area contributed by atoms with Gasteiger partial charge in [0.25, 0.3) is 0 Å². The van der Waals surface area contributed by atoms with Crippen LogP contribution in [0.1, 0.15) is 27.7 Å². The minimum Gasteiger partial charge on any atom is -0.440 e. The topological polar surface area (TPSA) is 29.5 Å². The summed E-state index contributed by atoms with van der Waals surface area (Å²) in [5, 5.41) is 0. The van der Waals surface area contributed by atoms with E-state index in [0.717, 1.165) is 0 Å². The molecule has 0 saturated heterocycles. The molecule has 0 radical (unpaired) electrons. The molecule has 1 atom stereocenters. The molecule has 1 amide bonds. The van der Waals surface area contributed by atoms with Crippen LogP contribution in [0, 0.1) is 5.41 Å². The van der Waals surface area contributed by atoms with Gasteiger partial charge in [0, 0.05) is 13.1 Å². The zero-order valence-corrected chi connectivity index (χ0v) is 10.2. The van der Waals surface area contributed by atoms with Gasteiger partial charge in [-0.1, -0.05) is 20.8 Å². The van der Waals surface area contributed by atoms with E-state index in [1.807, 2.05) is 20.8 Å². The monoisotopic (exact) mass is 241 g/mol. The van der Waals surface area contributed by atoms with Crippen molar-refractivity contribution >= 4 is 6.09 Å². The molecule has 0 rings (SSSR count). The Balaban J connectivity index is 4.30. The van der Waals surface area contributed by atoms with Gasteiger partial charge in [-0.05, 0) is 12.3 Å². The number of alkyl halides is 3. The van der Waals surface area contributed by atoms with Crippen molar-refractivity contribution in [2.75, 3.05) is 13.7 Å². The van der Waals surface area contributed by atoms with E-state index >= 15 is 0 Å². The van der Waals surface area contributed by atoms with Crippen LogP contribution in [0.4, 0.5) is 18.0 Å². The van der Waals surface area contributed by atoms with Crippen LogP contribution in [0.5, 0.6) is 0 Å². The van der Waals surface area contributed by atoms with Crippen LogP contribution in [0.2, 0.25) is 0 Å². The summed E-state index contributed by atoms with van der Waals surface area (Å²) in [5.74, 6) is 0. The number of ether oxygens (including phenoxy) is 1. The Kier molecular flexibility index (Phi) is 4.64. The van der Waals surface area contributed by atoms with E-state index in [9.17, 15) is 18.0 Å². The SMILES string of the molecule is CC(N(C)C(=O)OCC(F)(F)F)C(C)(C)C. The van der Waals surface area contributed by atoms with Crippen molar-refractivity contribution in [2.45, 2.75) is 39.9 Å². The largest absolute Gasteiger partial charge is 0.440 e. The third-order valence-corrected chi connectivity index (χ3v) is 2.48. The van der Waals surface area contributed by atoms with Gasteiger partial charge in [0.2, 0.25) is 0 Å². The van der Waals surface area contributed by atoms with Crippen LogP contribution < -0.4 is 0 Å². The molecule has 1 unspecified atom stereocenters. The number of carbonyl (C=O) groups excluding carboxylic acids is 1. The van der Waals surface area contributed by atoms with Crippen molar-refractivity contribution in [3.63, 3.8) is 0 Å². The lowest BCUT2D eigenvalue weighted by molar-refractivity contribution is -0.162. The van der Waals surface area contributed by atoms with Crippen molar-refractivity contribution in [1.29, 1.82) is 0 Å². The van der Waals surface area contributed by atoms with Crippen LogP contribution in [0.15, 0.2) is 0 Å². The Labute approximate surface area is 93.6 Å². The van der Waals surface area contributed by atoms with Gasteiger partial charge in [0.15, 0.2) is 6.61 Å². The summed E-state index contributed by atoms with van der Waals surface area (Å²) < 4.78 is 39.6. The molecule has 0 aromatic carbocycles. The molecule has 96 valence electrons. The van der Waals surface area contributed by atoms with Gasteiger partial charge in [-0.25, -0.2) is 4.79 Å². The fraction of sp³-hybridized carbons (Fsp3) is 0.900. The number of hydrogen-bond acceptors (Lipinski definition) is 2. The Morgan fingerprint density at radius 2 is 1.75 bits per heavy atom. The number of carbonyl (C=O) groups is 1. The maximum absolute atomic E-state index is 11.8. The Hall–Kier alpha value is -0.940. The molecular weight excluding hydrogens is 223 g/mol. The zero-order valence-electron chi connectivity index (χ0n) is 10.2. The highest BCUT2D eigenvalue weighted by Gasteiger charge is 2.32. The number of amides is 1. The second kappa shape index (κ2) is 4.93. The summed E-state index contributed by atoms with van der Waals surface area (Å²) in [7, 11) is 1.43. The van der Waals surface area contributed by atoms with Crippen LogP contribution in [-0.2, 0) is 4.74 Å². The van der Waals surface area contributed by atoms with Gasteiger partial charge in [0.05, 0.1) is 0 Å². The van der Waals surface area contributed by atoms with E-state index in [2.05, 4.69) is 4.74 Å². The van der Waals surface area contributed by atoms with Crippen molar-refractivity contribution in [3.8, 4) is 0 Å². The molecule has 0 aliphatic heterocycles. The van der Waals surface area contributed by atoms with Crippen LogP contribution in [-0.4, -0.2) is 36.9 Å². The van der Waals surface area contributed by atoms with Crippen LogP contribution in [0.3, 0.4) is 0 Å². The quantitative estimate of drug-likeness (QED) is 0.743. The molecular formula is C10H18F3NO2. The normalized spacial score (nSPS) is 14.5. The molecule has 0 saturated carbocycles. The Bertz CT molecular complexity index is 245. The molecule has 0 N–H and O–H groups in total. The van der Waals surface area contributed by atoms with E-state index in [4.69, 9.17) is 0 Å². The summed E-state index contributed by atoms with van der Waals surface area (Å²) in [4.78, 5) is 12.5. The lowest BCUT2D eigenvalue weighted by Crippen LogP contribution is -2.43. The first-order valence-electron chi connectivity index (χ1n) is 4.91. The predicted octanol–water partition coefficient (Wildman–Crippen LogP) is 3.05. The Morgan fingerprint density at radius 3 is 2.06 bits per heavy atom. The average Bonchev–Trinajstić information content (AvgIpc) is 2.09. The van der Waals surface area contributed by atoms with Gasteiger partial charge in [-0.15, -0.1) is 0 Å². The molecule has 0 bridgehead atoms. The van der Waals surface area contributed by atoms with E-state index < -0.39 is 18.9 Å². The van der Waals surface area contributed by atoms with Gasteiger partial charge in [-0.3, -0.25) is 0 Å². The zero-order chi connectivity index (χ0) is 13.1. The number of rotatable bonds is 2. The molecule has 3 nitrogen and oxygen atoms in total. The second-order valence-corrected chi connectivity index (χ2v) is 4.82. The maximum Gasteiger partial charge on any atom is 0.422 e. The summed E-state index contributed by atoms with van der Waals surface area (Å²) >= 11 is 0. The number of hydrogen-bond donors (Lipinski definition) is 0. The predicted molar refractivity (Wildman–Crippen MR) is 54.1 cm³/mol. The van der Waals surface area contributed by atoms with E-state index in [1.54, 1.807) is 6.92 Å². The first-order chi connectivity index (χ1) is 6.95. The first kappa shape index (κ1) is 15.1. The molecule has 0 aromatic heterocycles. The lowest BCUT2D eigenvalue weighted by Gasteiger charge is -2.34. The molecule has 0 heterocycles. The fourth-order valence-corrected chi connectivity index (χ4v) is 0.984. The molecule has 16 heavy (non-hydrogen) atoms. The summed E-state index contributed by atoms with van der Waals surface area (Å²) in [6.45, 7) is 5.89.